The second kappa shape index (κ2) is 4.99. The smallest absolute Gasteiger partial charge is 0.377 e. The Bertz CT molecular complexity index is 700. The number of nitrogens with zero attached hydrogens (tertiary/aromatic N) is 3. The summed E-state index contributed by atoms with van der Waals surface area (Å²) in [6, 6.07) is 3.82. The average molecular weight is 322 g/mol. The van der Waals surface area contributed by atoms with Crippen molar-refractivity contribution in [2.24, 2.45) is 4.99 Å². The van der Waals surface area contributed by atoms with Crippen molar-refractivity contribution in [3.05, 3.63) is 35.5 Å². The molecule has 1 unspecified atom stereocenters. The minimum absolute atomic E-state index is 0.00245. The predicted octanol–water partition coefficient (Wildman–Crippen LogP) is 2.31. The number of rotatable bonds is 0. The van der Waals surface area contributed by atoms with Gasteiger partial charge in [-0.25, -0.2) is 4.99 Å². The minimum Gasteiger partial charge on any atom is -0.377 e. The highest BCUT2D eigenvalue weighted by molar-refractivity contribution is 6.07. The molecule has 0 radical (unpaired) electrons. The third-order valence-electron chi connectivity index (χ3n) is 4.67. The maximum absolute atomic E-state index is 12.9. The molecule has 3 aliphatic rings. The number of amidine groups is 1. The van der Waals surface area contributed by atoms with Crippen molar-refractivity contribution in [2.45, 2.75) is 12.2 Å². The predicted molar refractivity (Wildman–Crippen MR) is 82.5 cm³/mol. The van der Waals surface area contributed by atoms with Crippen molar-refractivity contribution < 1.29 is 13.2 Å². The number of fused-ring (bicyclic) bond motifs is 3. The number of benzene rings is 1. The molecule has 7 heteroatoms. The van der Waals surface area contributed by atoms with Crippen LogP contribution in [0, 0.1) is 0 Å². The first-order chi connectivity index (χ1) is 10.9. The molecule has 4 nitrogen and oxygen atoms in total. The third-order valence-corrected chi connectivity index (χ3v) is 4.67. The highest BCUT2D eigenvalue weighted by Crippen LogP contribution is 2.41. The van der Waals surface area contributed by atoms with Gasteiger partial charge in [0.15, 0.2) is 0 Å². The van der Waals surface area contributed by atoms with Crippen molar-refractivity contribution in [1.29, 1.82) is 0 Å². The average Bonchev–Trinajstić information content (AvgIpc) is 2.46. The van der Waals surface area contributed by atoms with Crippen molar-refractivity contribution in [3.63, 3.8) is 0 Å². The number of nitrogens with one attached hydrogen (secondary N) is 1. The number of hydrogen-bond donors (Lipinski definition) is 1. The van der Waals surface area contributed by atoms with E-state index in [0.717, 1.165) is 55.3 Å². The van der Waals surface area contributed by atoms with E-state index in [9.17, 15) is 13.2 Å². The van der Waals surface area contributed by atoms with Crippen LogP contribution < -0.4 is 5.32 Å². The standard InChI is InChI=1S/C16H17F3N4/c1-22-4-6-23(7-5-22)15-14-12(9-20-14)11-3-2-10(16(17,18)19)8-13(11)21-15/h2-3,8-9,14,20H,4-7H2,1H3. The lowest BCUT2D eigenvalue weighted by atomic mass is 9.88. The SMILES string of the molecule is CN1CCN(C2=Nc3cc(C(F)(F)F)ccc3C3=CNC32)CC1. The maximum Gasteiger partial charge on any atom is 0.416 e. The molecule has 4 rings (SSSR count). The summed E-state index contributed by atoms with van der Waals surface area (Å²) < 4.78 is 38.8. The van der Waals surface area contributed by atoms with Crippen molar-refractivity contribution in [3.8, 4) is 0 Å². The van der Waals surface area contributed by atoms with Gasteiger partial charge in [0.05, 0.1) is 11.3 Å². The van der Waals surface area contributed by atoms with E-state index in [1.807, 2.05) is 6.20 Å². The van der Waals surface area contributed by atoms with Crippen molar-refractivity contribution >= 4 is 17.1 Å². The second-order valence-electron chi connectivity index (χ2n) is 6.19. The second-order valence-corrected chi connectivity index (χ2v) is 6.19. The zero-order chi connectivity index (χ0) is 16.2. The van der Waals surface area contributed by atoms with Gasteiger partial charge >= 0.3 is 6.18 Å². The molecular formula is C16H17F3N4. The molecule has 1 N–H and O–H groups in total. The maximum atomic E-state index is 12.9. The lowest BCUT2D eigenvalue weighted by molar-refractivity contribution is -0.137. The first-order valence-electron chi connectivity index (χ1n) is 7.63. The zero-order valence-electron chi connectivity index (χ0n) is 12.7. The Kier molecular flexibility index (Phi) is 3.16. The molecule has 0 saturated carbocycles. The van der Waals surface area contributed by atoms with E-state index in [2.05, 4.69) is 27.2 Å². The van der Waals surface area contributed by atoms with Crippen LogP contribution in [0.5, 0.6) is 0 Å². The molecule has 0 aromatic heterocycles. The Morgan fingerprint density at radius 1 is 1.17 bits per heavy atom. The molecule has 1 fully saturated rings. The summed E-state index contributed by atoms with van der Waals surface area (Å²) in [6.45, 7) is 3.55. The lowest BCUT2D eigenvalue weighted by Gasteiger charge is -2.42. The summed E-state index contributed by atoms with van der Waals surface area (Å²) in [6.07, 6.45) is -2.48. The van der Waals surface area contributed by atoms with Crippen LogP contribution in [0.3, 0.4) is 0 Å². The van der Waals surface area contributed by atoms with Gasteiger partial charge in [-0.1, -0.05) is 6.07 Å². The Hall–Kier alpha value is -2.02. The molecule has 122 valence electrons. The molecule has 3 heterocycles. The van der Waals surface area contributed by atoms with Crippen LogP contribution in [0.25, 0.3) is 5.57 Å². The highest BCUT2D eigenvalue weighted by Gasteiger charge is 2.38. The summed E-state index contributed by atoms with van der Waals surface area (Å²) in [4.78, 5) is 8.98. The van der Waals surface area contributed by atoms with Gasteiger partial charge in [-0.3, -0.25) is 0 Å². The zero-order valence-corrected chi connectivity index (χ0v) is 12.7. The van der Waals surface area contributed by atoms with E-state index in [0.29, 0.717) is 5.69 Å². The fourth-order valence-electron chi connectivity index (χ4n) is 3.22. The summed E-state index contributed by atoms with van der Waals surface area (Å²) >= 11 is 0. The van der Waals surface area contributed by atoms with Gasteiger partial charge in [0.2, 0.25) is 0 Å². The minimum atomic E-state index is -4.35. The first kappa shape index (κ1) is 14.6. The van der Waals surface area contributed by atoms with Gasteiger partial charge in [-0.05, 0) is 19.2 Å². The molecular weight excluding hydrogens is 305 g/mol. The number of halogens is 3. The molecule has 0 amide bonds. The molecule has 23 heavy (non-hydrogen) atoms. The largest absolute Gasteiger partial charge is 0.416 e. The topological polar surface area (TPSA) is 30.9 Å². The molecule has 0 spiro atoms. The van der Waals surface area contributed by atoms with Crippen LogP contribution in [0.4, 0.5) is 18.9 Å². The Morgan fingerprint density at radius 3 is 2.52 bits per heavy atom. The fourth-order valence-corrected chi connectivity index (χ4v) is 3.22. The fraction of sp³-hybridized carbons (Fsp3) is 0.438. The van der Waals surface area contributed by atoms with Crippen LogP contribution in [0.1, 0.15) is 11.1 Å². The number of alkyl halides is 3. The summed E-state index contributed by atoms with van der Waals surface area (Å²) in [5.41, 5.74) is 1.58. The molecule has 1 aromatic carbocycles. The first-order valence-corrected chi connectivity index (χ1v) is 7.63. The molecule has 1 aromatic rings. The van der Waals surface area contributed by atoms with E-state index in [1.54, 1.807) is 0 Å². The van der Waals surface area contributed by atoms with Crippen LogP contribution >= 0.6 is 0 Å². The van der Waals surface area contributed by atoms with Gasteiger partial charge in [0.1, 0.15) is 11.9 Å². The summed E-state index contributed by atoms with van der Waals surface area (Å²) in [5, 5.41) is 3.22. The van der Waals surface area contributed by atoms with E-state index in [4.69, 9.17) is 0 Å². The van der Waals surface area contributed by atoms with Crippen LogP contribution in [0.15, 0.2) is 29.4 Å². The quantitative estimate of drug-likeness (QED) is 0.795. The lowest BCUT2D eigenvalue weighted by Crippen LogP contribution is -2.56. The number of aliphatic imine (C=N–C) groups is 1. The normalized spacial score (nSPS) is 24.0. The number of likely N-dealkylation sites (N-methyl/N-ethyl adjacent to an activating group) is 1. The number of piperazine rings is 1. The van der Waals surface area contributed by atoms with Gasteiger partial charge in [0, 0.05) is 43.5 Å². The highest BCUT2D eigenvalue weighted by atomic mass is 19.4. The van der Waals surface area contributed by atoms with Crippen LogP contribution in [-0.4, -0.2) is 54.9 Å². The molecule has 1 saturated heterocycles. The van der Waals surface area contributed by atoms with Gasteiger partial charge in [-0.15, -0.1) is 0 Å². The van der Waals surface area contributed by atoms with Gasteiger partial charge < -0.3 is 15.1 Å². The Balaban J connectivity index is 1.72. The molecule has 1 atom stereocenters. The van der Waals surface area contributed by atoms with Crippen molar-refractivity contribution in [2.75, 3.05) is 33.2 Å². The molecule has 0 bridgehead atoms. The van der Waals surface area contributed by atoms with Crippen LogP contribution in [0.2, 0.25) is 0 Å². The summed E-state index contributed by atoms with van der Waals surface area (Å²) in [5.74, 6) is 0.836. The number of hydrogen-bond acceptors (Lipinski definition) is 4. The van der Waals surface area contributed by atoms with Gasteiger partial charge in [-0.2, -0.15) is 13.2 Å². The Morgan fingerprint density at radius 2 is 1.91 bits per heavy atom. The van der Waals surface area contributed by atoms with E-state index >= 15 is 0 Å². The molecule has 3 aliphatic heterocycles. The van der Waals surface area contributed by atoms with E-state index < -0.39 is 11.7 Å². The van der Waals surface area contributed by atoms with E-state index in [1.165, 1.54) is 6.07 Å². The van der Waals surface area contributed by atoms with Gasteiger partial charge in [0.25, 0.3) is 0 Å². The molecule has 0 aliphatic carbocycles. The van der Waals surface area contributed by atoms with E-state index in [-0.39, 0.29) is 6.04 Å². The third kappa shape index (κ3) is 2.39. The summed E-state index contributed by atoms with van der Waals surface area (Å²) in [7, 11) is 2.07. The van der Waals surface area contributed by atoms with Crippen molar-refractivity contribution in [1.82, 2.24) is 15.1 Å². The Labute approximate surface area is 132 Å². The monoisotopic (exact) mass is 322 g/mol. The van der Waals surface area contributed by atoms with Crippen LogP contribution in [-0.2, 0) is 6.18 Å².